The molecular formula is C23H29N3O2. The van der Waals surface area contributed by atoms with E-state index in [0.717, 1.165) is 51.4 Å². The lowest BCUT2D eigenvalue weighted by Crippen LogP contribution is -2.38. The molecule has 0 aliphatic carbocycles. The molecule has 2 aromatic rings. The molecule has 5 heteroatoms. The molecule has 0 bridgehead atoms. The summed E-state index contributed by atoms with van der Waals surface area (Å²) in [5.41, 5.74) is 3.39. The van der Waals surface area contributed by atoms with Gasteiger partial charge in [-0.3, -0.25) is 9.69 Å². The minimum Gasteiger partial charge on any atom is -0.378 e. The summed E-state index contributed by atoms with van der Waals surface area (Å²) in [5.74, 6) is 0.0686. The third-order valence-electron chi connectivity index (χ3n) is 5.69. The lowest BCUT2D eigenvalue weighted by molar-refractivity contribution is -0.117. The first kappa shape index (κ1) is 19.0. The molecule has 4 rings (SSSR count). The largest absolute Gasteiger partial charge is 0.378 e. The normalized spacial score (nSPS) is 20.3. The summed E-state index contributed by atoms with van der Waals surface area (Å²) in [6.07, 6.45) is 3.35. The Morgan fingerprint density at radius 2 is 1.75 bits per heavy atom. The highest BCUT2D eigenvalue weighted by Crippen LogP contribution is 2.22. The van der Waals surface area contributed by atoms with Gasteiger partial charge in [-0.05, 0) is 55.6 Å². The van der Waals surface area contributed by atoms with E-state index in [4.69, 9.17) is 4.74 Å². The third-order valence-corrected chi connectivity index (χ3v) is 5.69. The zero-order valence-electron chi connectivity index (χ0n) is 16.3. The third kappa shape index (κ3) is 4.91. The summed E-state index contributed by atoms with van der Waals surface area (Å²) in [5, 5.41) is 3.06. The monoisotopic (exact) mass is 379 g/mol. The van der Waals surface area contributed by atoms with Crippen molar-refractivity contribution in [1.82, 2.24) is 4.90 Å². The van der Waals surface area contributed by atoms with Crippen LogP contribution in [-0.4, -0.2) is 56.2 Å². The van der Waals surface area contributed by atoms with Gasteiger partial charge in [-0.25, -0.2) is 0 Å². The van der Waals surface area contributed by atoms with E-state index in [2.05, 4.69) is 51.5 Å². The van der Waals surface area contributed by atoms with E-state index in [1.165, 1.54) is 17.7 Å². The first-order valence-corrected chi connectivity index (χ1v) is 10.3. The van der Waals surface area contributed by atoms with Gasteiger partial charge in [0.25, 0.3) is 0 Å². The van der Waals surface area contributed by atoms with E-state index in [1.807, 2.05) is 18.2 Å². The van der Waals surface area contributed by atoms with Crippen molar-refractivity contribution < 1.29 is 9.53 Å². The van der Waals surface area contributed by atoms with E-state index in [9.17, 15) is 4.79 Å². The van der Waals surface area contributed by atoms with E-state index in [1.54, 1.807) is 0 Å². The number of carbonyl (C=O) groups excluding carboxylic acids is 1. The number of amides is 1. The number of morpholine rings is 1. The van der Waals surface area contributed by atoms with Gasteiger partial charge in [0.2, 0.25) is 5.91 Å². The molecule has 2 aliphatic rings. The standard InChI is InChI=1S/C23H29N3O2/c27-23(18-26-12-4-7-22(26)17-19-5-2-1-3-6-19)24-20-8-10-21(11-9-20)25-13-15-28-16-14-25/h1-3,5-6,8-11,22H,4,7,12-18H2,(H,24,27). The maximum Gasteiger partial charge on any atom is 0.238 e. The van der Waals surface area contributed by atoms with Crippen LogP contribution >= 0.6 is 0 Å². The Morgan fingerprint density at radius 3 is 2.50 bits per heavy atom. The Balaban J connectivity index is 1.29. The number of nitrogens with one attached hydrogen (secondary N) is 1. The van der Waals surface area contributed by atoms with Gasteiger partial charge in [0, 0.05) is 30.5 Å². The first-order chi connectivity index (χ1) is 13.8. The molecule has 1 unspecified atom stereocenters. The van der Waals surface area contributed by atoms with E-state index >= 15 is 0 Å². The molecule has 2 aromatic carbocycles. The number of nitrogens with zero attached hydrogens (tertiary/aromatic N) is 2. The van der Waals surface area contributed by atoms with Crippen molar-refractivity contribution in [3.8, 4) is 0 Å². The van der Waals surface area contributed by atoms with Gasteiger partial charge in [-0.15, -0.1) is 0 Å². The highest BCUT2D eigenvalue weighted by atomic mass is 16.5. The second-order valence-corrected chi connectivity index (χ2v) is 7.65. The molecule has 148 valence electrons. The molecule has 0 radical (unpaired) electrons. The van der Waals surface area contributed by atoms with Gasteiger partial charge >= 0.3 is 0 Å². The number of hydrogen-bond acceptors (Lipinski definition) is 4. The fraction of sp³-hybridized carbons (Fsp3) is 0.435. The molecule has 2 saturated heterocycles. The zero-order valence-corrected chi connectivity index (χ0v) is 16.3. The summed E-state index contributed by atoms with van der Waals surface area (Å²) in [6.45, 7) is 4.85. The van der Waals surface area contributed by atoms with Crippen LogP contribution < -0.4 is 10.2 Å². The van der Waals surface area contributed by atoms with Crippen LogP contribution in [0.3, 0.4) is 0 Å². The van der Waals surface area contributed by atoms with Gasteiger partial charge in [0.05, 0.1) is 19.8 Å². The molecule has 0 spiro atoms. The second kappa shape index (κ2) is 9.22. The van der Waals surface area contributed by atoms with Crippen LogP contribution in [0.15, 0.2) is 54.6 Å². The molecule has 1 N–H and O–H groups in total. The molecule has 2 fully saturated rings. The van der Waals surface area contributed by atoms with Crippen LogP contribution in [0.2, 0.25) is 0 Å². The van der Waals surface area contributed by atoms with Crippen molar-refractivity contribution in [2.45, 2.75) is 25.3 Å². The van der Waals surface area contributed by atoms with Crippen molar-refractivity contribution >= 4 is 17.3 Å². The minimum atomic E-state index is 0.0686. The maximum absolute atomic E-state index is 12.6. The highest BCUT2D eigenvalue weighted by Gasteiger charge is 2.26. The Morgan fingerprint density at radius 1 is 1.00 bits per heavy atom. The average molecular weight is 380 g/mol. The number of ether oxygens (including phenoxy) is 1. The highest BCUT2D eigenvalue weighted by molar-refractivity contribution is 5.92. The summed E-state index contributed by atoms with van der Waals surface area (Å²) >= 11 is 0. The van der Waals surface area contributed by atoms with Crippen LogP contribution in [-0.2, 0) is 16.0 Å². The number of hydrogen-bond donors (Lipinski definition) is 1. The van der Waals surface area contributed by atoms with Gasteiger partial charge < -0.3 is 15.0 Å². The molecule has 5 nitrogen and oxygen atoms in total. The van der Waals surface area contributed by atoms with Crippen molar-refractivity contribution in [2.24, 2.45) is 0 Å². The predicted molar refractivity (Wildman–Crippen MR) is 113 cm³/mol. The topological polar surface area (TPSA) is 44.8 Å². The van der Waals surface area contributed by atoms with Crippen LogP contribution in [0.1, 0.15) is 18.4 Å². The van der Waals surface area contributed by atoms with Crippen molar-refractivity contribution in [1.29, 1.82) is 0 Å². The summed E-state index contributed by atoms with van der Waals surface area (Å²) in [6, 6.07) is 19.2. The van der Waals surface area contributed by atoms with Crippen LogP contribution in [0.4, 0.5) is 11.4 Å². The smallest absolute Gasteiger partial charge is 0.238 e. The van der Waals surface area contributed by atoms with Crippen LogP contribution in [0.5, 0.6) is 0 Å². The van der Waals surface area contributed by atoms with Crippen LogP contribution in [0.25, 0.3) is 0 Å². The fourth-order valence-electron chi connectivity index (χ4n) is 4.18. The lowest BCUT2D eigenvalue weighted by Gasteiger charge is -2.29. The molecular weight excluding hydrogens is 350 g/mol. The number of likely N-dealkylation sites (tertiary alicyclic amines) is 1. The second-order valence-electron chi connectivity index (χ2n) is 7.65. The molecule has 1 atom stereocenters. The summed E-state index contributed by atoms with van der Waals surface area (Å²) in [4.78, 5) is 17.2. The number of rotatable bonds is 6. The minimum absolute atomic E-state index is 0.0686. The van der Waals surface area contributed by atoms with E-state index in [-0.39, 0.29) is 5.91 Å². The van der Waals surface area contributed by atoms with Gasteiger partial charge in [-0.1, -0.05) is 30.3 Å². The van der Waals surface area contributed by atoms with Crippen LogP contribution in [0, 0.1) is 0 Å². The quantitative estimate of drug-likeness (QED) is 0.837. The van der Waals surface area contributed by atoms with Gasteiger partial charge in [0.1, 0.15) is 0 Å². The Hall–Kier alpha value is -2.37. The average Bonchev–Trinajstić information content (AvgIpc) is 3.16. The van der Waals surface area contributed by atoms with Gasteiger partial charge in [-0.2, -0.15) is 0 Å². The number of benzene rings is 2. The van der Waals surface area contributed by atoms with Crippen molar-refractivity contribution in [3.05, 3.63) is 60.2 Å². The maximum atomic E-state index is 12.6. The Bertz CT molecular complexity index is 757. The zero-order chi connectivity index (χ0) is 19.2. The van der Waals surface area contributed by atoms with E-state index < -0.39 is 0 Å². The molecule has 1 amide bonds. The van der Waals surface area contributed by atoms with E-state index in [0.29, 0.717) is 12.6 Å². The molecule has 2 heterocycles. The van der Waals surface area contributed by atoms with Crippen molar-refractivity contribution in [2.75, 3.05) is 49.6 Å². The summed E-state index contributed by atoms with van der Waals surface area (Å²) < 4.78 is 5.40. The fourth-order valence-corrected chi connectivity index (χ4v) is 4.18. The van der Waals surface area contributed by atoms with Crippen molar-refractivity contribution in [3.63, 3.8) is 0 Å². The molecule has 0 saturated carbocycles. The molecule has 0 aromatic heterocycles. The summed E-state index contributed by atoms with van der Waals surface area (Å²) in [7, 11) is 0. The Kier molecular flexibility index (Phi) is 6.24. The number of carbonyl (C=O) groups is 1. The Labute approximate surface area is 167 Å². The first-order valence-electron chi connectivity index (χ1n) is 10.3. The lowest BCUT2D eigenvalue weighted by atomic mass is 10.0. The number of anilines is 2. The SMILES string of the molecule is O=C(CN1CCCC1Cc1ccccc1)Nc1ccc(N2CCOCC2)cc1. The predicted octanol–water partition coefficient (Wildman–Crippen LogP) is 3.17. The van der Waals surface area contributed by atoms with Gasteiger partial charge in [0.15, 0.2) is 0 Å². The molecule has 2 aliphatic heterocycles. The molecule has 28 heavy (non-hydrogen) atoms.